The van der Waals surface area contributed by atoms with Gasteiger partial charge in [0, 0.05) is 23.7 Å². The summed E-state index contributed by atoms with van der Waals surface area (Å²) < 4.78 is 33.8. The first-order valence-corrected chi connectivity index (χ1v) is 12.1. The Morgan fingerprint density at radius 2 is 1.75 bits per heavy atom. The van der Waals surface area contributed by atoms with Crippen LogP contribution in [0.2, 0.25) is 0 Å². The van der Waals surface area contributed by atoms with Crippen molar-refractivity contribution in [3.8, 4) is 16.9 Å². The number of aryl methyl sites for hydroxylation is 1. The summed E-state index contributed by atoms with van der Waals surface area (Å²) in [6.07, 6.45) is 5.01. The Kier molecular flexibility index (Phi) is 4.94. The molecule has 7 nitrogen and oxygen atoms in total. The highest BCUT2D eigenvalue weighted by molar-refractivity contribution is 7.88. The molecule has 0 unspecified atom stereocenters. The summed E-state index contributed by atoms with van der Waals surface area (Å²) in [6.45, 7) is 2.03. The predicted molar refractivity (Wildman–Crippen MR) is 123 cm³/mol. The molecule has 1 aliphatic heterocycles. The van der Waals surface area contributed by atoms with Crippen molar-refractivity contribution in [2.45, 2.75) is 19.4 Å². The summed E-state index contributed by atoms with van der Waals surface area (Å²) in [7, 11) is -3.62. The van der Waals surface area contributed by atoms with Crippen molar-refractivity contribution in [3.05, 3.63) is 96.1 Å². The van der Waals surface area contributed by atoms with Crippen molar-refractivity contribution < 1.29 is 12.8 Å². The number of nitrogens with zero attached hydrogens (tertiary/aromatic N) is 4. The number of furan rings is 1. The Morgan fingerprint density at radius 3 is 2.41 bits per heavy atom. The van der Waals surface area contributed by atoms with Gasteiger partial charge < -0.3 is 4.42 Å². The van der Waals surface area contributed by atoms with E-state index in [4.69, 9.17) is 9.52 Å². The van der Waals surface area contributed by atoms with Crippen molar-refractivity contribution in [1.82, 2.24) is 14.2 Å². The van der Waals surface area contributed by atoms with Gasteiger partial charge in [0.25, 0.3) is 0 Å². The summed E-state index contributed by atoms with van der Waals surface area (Å²) in [5.74, 6) is 0.563. The van der Waals surface area contributed by atoms with Gasteiger partial charge in [-0.05, 0) is 31.2 Å². The van der Waals surface area contributed by atoms with Gasteiger partial charge in [0.15, 0.2) is 0 Å². The van der Waals surface area contributed by atoms with Gasteiger partial charge in [0.2, 0.25) is 10.0 Å². The summed E-state index contributed by atoms with van der Waals surface area (Å²) in [4.78, 5) is 0. The van der Waals surface area contributed by atoms with Gasteiger partial charge in [0.05, 0.1) is 29.9 Å². The topological polar surface area (TPSA) is 80.7 Å². The molecular weight excluding hydrogens is 424 g/mol. The number of hydrazone groups is 1. The van der Waals surface area contributed by atoms with E-state index < -0.39 is 16.1 Å². The van der Waals surface area contributed by atoms with Crippen LogP contribution in [-0.2, 0) is 10.0 Å². The molecule has 0 saturated carbocycles. The van der Waals surface area contributed by atoms with E-state index in [1.807, 2.05) is 67.7 Å². The fourth-order valence-electron chi connectivity index (χ4n) is 3.90. The summed E-state index contributed by atoms with van der Waals surface area (Å²) >= 11 is 0. The second-order valence-corrected chi connectivity index (χ2v) is 9.70. The smallest absolute Gasteiger partial charge is 0.247 e. The third kappa shape index (κ3) is 3.73. The average Bonchev–Trinajstić information content (AvgIpc) is 3.52. The number of para-hydroxylation sites is 1. The second kappa shape index (κ2) is 7.80. The maximum absolute atomic E-state index is 12.7. The molecule has 32 heavy (non-hydrogen) atoms. The Hall–Kier alpha value is -3.65. The lowest BCUT2D eigenvalue weighted by Crippen LogP contribution is -2.26. The quantitative estimate of drug-likeness (QED) is 0.450. The molecule has 0 N–H and O–H groups in total. The minimum atomic E-state index is -3.62. The molecule has 5 rings (SSSR count). The van der Waals surface area contributed by atoms with Crippen LogP contribution in [0.3, 0.4) is 0 Å². The highest BCUT2D eigenvalue weighted by Crippen LogP contribution is 2.39. The van der Waals surface area contributed by atoms with Gasteiger partial charge in [-0.25, -0.2) is 13.1 Å². The first-order chi connectivity index (χ1) is 15.4. The Morgan fingerprint density at radius 1 is 1.00 bits per heavy atom. The number of aromatic nitrogens is 2. The van der Waals surface area contributed by atoms with Gasteiger partial charge >= 0.3 is 0 Å². The second-order valence-electron chi connectivity index (χ2n) is 7.86. The molecule has 2 aromatic heterocycles. The Bertz CT molecular complexity index is 1370. The molecule has 0 spiro atoms. The molecule has 4 aromatic rings. The van der Waals surface area contributed by atoms with Gasteiger partial charge in [-0.1, -0.05) is 48.0 Å². The van der Waals surface area contributed by atoms with E-state index in [1.165, 1.54) is 10.7 Å². The summed E-state index contributed by atoms with van der Waals surface area (Å²) in [5.41, 5.74) is 5.05. The normalized spacial score (nSPS) is 16.4. The molecule has 1 atom stereocenters. The van der Waals surface area contributed by atoms with E-state index in [0.29, 0.717) is 17.9 Å². The highest BCUT2D eigenvalue weighted by Gasteiger charge is 2.38. The summed E-state index contributed by atoms with van der Waals surface area (Å²) in [6, 6.07) is 20.8. The Labute approximate surface area is 186 Å². The van der Waals surface area contributed by atoms with Crippen LogP contribution in [0.1, 0.15) is 29.3 Å². The fraction of sp³-hybridized carbons (Fsp3) is 0.167. The molecule has 0 saturated heterocycles. The van der Waals surface area contributed by atoms with Gasteiger partial charge in [0.1, 0.15) is 11.5 Å². The van der Waals surface area contributed by atoms with Crippen LogP contribution in [0.15, 0.2) is 88.7 Å². The SMILES string of the molecule is Cc1ccc(-c2nn(-c3ccccc3)cc2[C@@H]2CC(c3ccco3)=NN2S(C)(=O)=O)cc1. The zero-order chi connectivity index (χ0) is 22.3. The van der Waals surface area contributed by atoms with Crippen LogP contribution >= 0.6 is 0 Å². The summed E-state index contributed by atoms with van der Waals surface area (Å²) in [5, 5.41) is 9.27. The number of hydrogen-bond donors (Lipinski definition) is 0. The van der Waals surface area contributed by atoms with Crippen molar-refractivity contribution >= 4 is 15.7 Å². The highest BCUT2D eigenvalue weighted by atomic mass is 32.2. The number of benzene rings is 2. The molecule has 0 fully saturated rings. The Balaban J connectivity index is 1.66. The molecule has 0 aliphatic carbocycles. The minimum Gasteiger partial charge on any atom is -0.463 e. The largest absolute Gasteiger partial charge is 0.463 e. The van der Waals surface area contributed by atoms with E-state index >= 15 is 0 Å². The molecular formula is C24H22N4O3S. The van der Waals surface area contributed by atoms with E-state index in [2.05, 4.69) is 5.10 Å². The zero-order valence-electron chi connectivity index (χ0n) is 17.7. The number of rotatable bonds is 5. The lowest BCUT2D eigenvalue weighted by Gasteiger charge is -2.21. The van der Waals surface area contributed by atoms with E-state index in [9.17, 15) is 8.42 Å². The van der Waals surface area contributed by atoms with Crippen LogP contribution in [0.5, 0.6) is 0 Å². The van der Waals surface area contributed by atoms with Crippen molar-refractivity contribution in [1.29, 1.82) is 0 Å². The van der Waals surface area contributed by atoms with Gasteiger partial charge in [-0.2, -0.15) is 14.6 Å². The zero-order valence-corrected chi connectivity index (χ0v) is 18.5. The molecule has 0 amide bonds. The van der Waals surface area contributed by atoms with Crippen LogP contribution < -0.4 is 0 Å². The first-order valence-electron chi connectivity index (χ1n) is 10.2. The molecule has 8 heteroatoms. The predicted octanol–water partition coefficient (Wildman–Crippen LogP) is 4.55. The van der Waals surface area contributed by atoms with Crippen LogP contribution in [0.25, 0.3) is 16.9 Å². The molecule has 162 valence electrons. The molecule has 1 aliphatic rings. The molecule has 0 radical (unpaired) electrons. The van der Waals surface area contributed by atoms with Crippen LogP contribution in [0.4, 0.5) is 0 Å². The average molecular weight is 447 g/mol. The van der Waals surface area contributed by atoms with Crippen LogP contribution in [0, 0.1) is 6.92 Å². The maximum atomic E-state index is 12.7. The molecule has 2 aromatic carbocycles. The van der Waals surface area contributed by atoms with Crippen molar-refractivity contribution in [2.75, 3.05) is 6.26 Å². The van der Waals surface area contributed by atoms with Crippen molar-refractivity contribution in [2.24, 2.45) is 5.10 Å². The molecule has 0 bridgehead atoms. The third-order valence-electron chi connectivity index (χ3n) is 5.47. The van der Waals surface area contributed by atoms with Crippen LogP contribution in [-0.4, -0.2) is 34.6 Å². The third-order valence-corrected chi connectivity index (χ3v) is 6.48. The molecule has 3 heterocycles. The lowest BCUT2D eigenvalue weighted by molar-refractivity contribution is 0.375. The number of hydrogen-bond acceptors (Lipinski definition) is 5. The lowest BCUT2D eigenvalue weighted by atomic mass is 9.98. The monoisotopic (exact) mass is 446 g/mol. The van der Waals surface area contributed by atoms with E-state index in [-0.39, 0.29) is 0 Å². The van der Waals surface area contributed by atoms with Gasteiger partial charge in [-0.3, -0.25) is 0 Å². The van der Waals surface area contributed by atoms with Gasteiger partial charge in [-0.15, -0.1) is 0 Å². The van der Waals surface area contributed by atoms with E-state index in [1.54, 1.807) is 23.1 Å². The number of sulfonamides is 1. The van der Waals surface area contributed by atoms with Crippen molar-refractivity contribution in [3.63, 3.8) is 0 Å². The maximum Gasteiger partial charge on any atom is 0.247 e. The minimum absolute atomic E-state index is 0.389. The first kappa shape index (κ1) is 20.3. The fourth-order valence-corrected chi connectivity index (χ4v) is 4.79. The standard InChI is InChI=1S/C24H22N4O3S/c1-17-10-12-18(13-11-17)24-20(16-27(26-24)19-7-4-3-5-8-19)22-15-21(23-9-6-14-31-23)25-28(22)32(2,29)30/h3-14,16,22H,15H2,1-2H3/t22-/m0/s1. The van der Waals surface area contributed by atoms with E-state index in [0.717, 1.165) is 28.1 Å².